The largest absolute Gasteiger partial charge is 0.353 e. The molecule has 0 heterocycles. The molecule has 2 heteroatoms. The number of carbonyl (C=O) groups excluding carboxylic acids is 1. The van der Waals surface area contributed by atoms with Gasteiger partial charge in [-0.15, -0.1) is 0 Å². The second-order valence-electron chi connectivity index (χ2n) is 5.48. The number of aryl methyl sites for hydroxylation is 2. The second kappa shape index (κ2) is 8.83. The lowest BCUT2D eigenvalue weighted by Gasteiger charge is -2.03. The van der Waals surface area contributed by atoms with E-state index < -0.39 is 0 Å². The van der Waals surface area contributed by atoms with E-state index in [1.165, 1.54) is 11.1 Å². The first kappa shape index (κ1) is 16.0. The molecule has 22 heavy (non-hydrogen) atoms. The van der Waals surface area contributed by atoms with Gasteiger partial charge in [-0.1, -0.05) is 60.2 Å². The average molecular weight is 293 g/mol. The van der Waals surface area contributed by atoms with E-state index >= 15 is 0 Å². The van der Waals surface area contributed by atoms with Gasteiger partial charge in [-0.25, -0.2) is 0 Å². The van der Waals surface area contributed by atoms with Crippen molar-refractivity contribution in [2.45, 2.75) is 26.2 Å². The van der Waals surface area contributed by atoms with Crippen LogP contribution in [-0.2, 0) is 11.2 Å². The van der Waals surface area contributed by atoms with Crippen molar-refractivity contribution in [3.05, 3.63) is 77.4 Å². The lowest BCUT2D eigenvalue weighted by Crippen LogP contribution is -2.22. The maximum absolute atomic E-state index is 11.7. The summed E-state index contributed by atoms with van der Waals surface area (Å²) in [5, 5.41) is 2.92. The first-order valence-electron chi connectivity index (χ1n) is 7.80. The van der Waals surface area contributed by atoms with Crippen LogP contribution in [0.25, 0.3) is 6.08 Å². The number of benzene rings is 2. The maximum atomic E-state index is 11.7. The number of hydrogen-bond acceptors (Lipinski definition) is 1. The third-order valence-electron chi connectivity index (χ3n) is 3.54. The molecule has 2 aromatic carbocycles. The van der Waals surface area contributed by atoms with Gasteiger partial charge in [-0.3, -0.25) is 4.79 Å². The highest BCUT2D eigenvalue weighted by molar-refractivity contribution is 5.91. The van der Waals surface area contributed by atoms with Gasteiger partial charge in [-0.05, 0) is 43.4 Å². The molecule has 0 atom stereocenters. The van der Waals surface area contributed by atoms with Gasteiger partial charge >= 0.3 is 0 Å². The number of amides is 1. The van der Waals surface area contributed by atoms with Crippen LogP contribution in [0, 0.1) is 6.92 Å². The van der Waals surface area contributed by atoms with Crippen LogP contribution < -0.4 is 5.32 Å². The van der Waals surface area contributed by atoms with E-state index in [1.54, 1.807) is 6.08 Å². The van der Waals surface area contributed by atoms with Gasteiger partial charge < -0.3 is 5.32 Å². The Morgan fingerprint density at radius 3 is 2.45 bits per heavy atom. The zero-order valence-corrected chi connectivity index (χ0v) is 13.1. The second-order valence-corrected chi connectivity index (χ2v) is 5.48. The molecule has 2 rings (SSSR count). The van der Waals surface area contributed by atoms with E-state index in [-0.39, 0.29) is 5.91 Å². The third kappa shape index (κ3) is 5.96. The van der Waals surface area contributed by atoms with Crippen molar-refractivity contribution in [1.29, 1.82) is 0 Å². The Kier molecular flexibility index (Phi) is 6.43. The summed E-state index contributed by atoms with van der Waals surface area (Å²) < 4.78 is 0. The fourth-order valence-electron chi connectivity index (χ4n) is 2.22. The zero-order chi connectivity index (χ0) is 15.6. The molecule has 0 bridgehead atoms. The molecule has 0 radical (unpaired) electrons. The molecule has 0 saturated heterocycles. The van der Waals surface area contributed by atoms with Crippen molar-refractivity contribution >= 4 is 12.0 Å². The SMILES string of the molecule is Cc1ccc(C=CC(=O)NCCCCc2ccccc2)cc1. The Labute approximate surface area is 132 Å². The van der Waals surface area contributed by atoms with E-state index in [0.717, 1.165) is 31.4 Å². The van der Waals surface area contributed by atoms with Crippen LogP contribution in [0.4, 0.5) is 0 Å². The summed E-state index contributed by atoms with van der Waals surface area (Å²) in [5.41, 5.74) is 3.62. The van der Waals surface area contributed by atoms with Gasteiger partial charge in [0.25, 0.3) is 0 Å². The van der Waals surface area contributed by atoms with Crippen molar-refractivity contribution in [3.63, 3.8) is 0 Å². The summed E-state index contributed by atoms with van der Waals surface area (Å²) in [6.45, 7) is 2.78. The molecular formula is C20H23NO. The minimum atomic E-state index is -0.0275. The van der Waals surface area contributed by atoms with E-state index in [4.69, 9.17) is 0 Å². The normalized spacial score (nSPS) is 10.8. The number of carbonyl (C=O) groups is 1. The van der Waals surface area contributed by atoms with E-state index in [2.05, 4.69) is 36.5 Å². The predicted molar refractivity (Wildman–Crippen MR) is 92.6 cm³/mol. The van der Waals surface area contributed by atoms with Crippen molar-refractivity contribution < 1.29 is 4.79 Å². The quantitative estimate of drug-likeness (QED) is 0.603. The summed E-state index contributed by atoms with van der Waals surface area (Å²) in [4.78, 5) is 11.7. The summed E-state index contributed by atoms with van der Waals surface area (Å²) in [6.07, 6.45) is 6.60. The molecular weight excluding hydrogens is 270 g/mol. The number of unbranched alkanes of at least 4 members (excludes halogenated alkanes) is 1. The highest BCUT2D eigenvalue weighted by atomic mass is 16.1. The fraction of sp³-hybridized carbons (Fsp3) is 0.250. The monoisotopic (exact) mass is 293 g/mol. The van der Waals surface area contributed by atoms with E-state index in [0.29, 0.717) is 0 Å². The van der Waals surface area contributed by atoms with Gasteiger partial charge in [0.1, 0.15) is 0 Å². The maximum Gasteiger partial charge on any atom is 0.243 e. The standard InChI is InChI=1S/C20H23NO/c1-17-10-12-19(13-11-17)14-15-20(22)21-16-6-5-9-18-7-3-2-4-8-18/h2-4,7-8,10-15H,5-6,9,16H2,1H3,(H,21,22). The molecule has 0 fully saturated rings. The smallest absolute Gasteiger partial charge is 0.243 e. The van der Waals surface area contributed by atoms with Gasteiger partial charge in [0.15, 0.2) is 0 Å². The van der Waals surface area contributed by atoms with Gasteiger partial charge in [0, 0.05) is 12.6 Å². The van der Waals surface area contributed by atoms with Crippen LogP contribution in [0.3, 0.4) is 0 Å². The van der Waals surface area contributed by atoms with Crippen LogP contribution in [0.15, 0.2) is 60.7 Å². The van der Waals surface area contributed by atoms with Crippen molar-refractivity contribution in [3.8, 4) is 0 Å². The Balaban J connectivity index is 1.62. The van der Waals surface area contributed by atoms with Crippen molar-refractivity contribution in [1.82, 2.24) is 5.32 Å². The molecule has 1 N–H and O–H groups in total. The third-order valence-corrected chi connectivity index (χ3v) is 3.54. The molecule has 0 aliphatic carbocycles. The van der Waals surface area contributed by atoms with Crippen LogP contribution in [-0.4, -0.2) is 12.5 Å². The van der Waals surface area contributed by atoms with Crippen LogP contribution in [0.1, 0.15) is 29.5 Å². The van der Waals surface area contributed by atoms with Gasteiger partial charge in [0.2, 0.25) is 5.91 Å². The van der Waals surface area contributed by atoms with Gasteiger partial charge in [-0.2, -0.15) is 0 Å². The minimum absolute atomic E-state index is 0.0275. The van der Waals surface area contributed by atoms with Crippen LogP contribution in [0.5, 0.6) is 0 Å². The number of nitrogens with one attached hydrogen (secondary N) is 1. The molecule has 0 aliphatic heterocycles. The van der Waals surface area contributed by atoms with Crippen molar-refractivity contribution in [2.24, 2.45) is 0 Å². The Morgan fingerprint density at radius 1 is 1.00 bits per heavy atom. The summed E-state index contributed by atoms with van der Waals surface area (Å²) in [6, 6.07) is 18.6. The topological polar surface area (TPSA) is 29.1 Å². The van der Waals surface area contributed by atoms with E-state index in [9.17, 15) is 4.79 Å². The molecule has 1 amide bonds. The van der Waals surface area contributed by atoms with Crippen LogP contribution >= 0.6 is 0 Å². The molecule has 0 aliphatic rings. The first-order valence-corrected chi connectivity index (χ1v) is 7.80. The molecule has 2 nitrogen and oxygen atoms in total. The lowest BCUT2D eigenvalue weighted by molar-refractivity contribution is -0.116. The van der Waals surface area contributed by atoms with Gasteiger partial charge in [0.05, 0.1) is 0 Å². The van der Waals surface area contributed by atoms with E-state index in [1.807, 2.05) is 36.4 Å². The Morgan fingerprint density at radius 2 is 1.73 bits per heavy atom. The predicted octanol–water partition coefficient (Wildman–Crippen LogP) is 4.15. The lowest BCUT2D eigenvalue weighted by atomic mass is 10.1. The zero-order valence-electron chi connectivity index (χ0n) is 13.1. The molecule has 0 spiro atoms. The Bertz CT molecular complexity index is 599. The highest BCUT2D eigenvalue weighted by Crippen LogP contribution is 2.05. The fourth-order valence-corrected chi connectivity index (χ4v) is 2.22. The minimum Gasteiger partial charge on any atom is -0.353 e. The molecule has 0 unspecified atom stereocenters. The van der Waals surface area contributed by atoms with Crippen molar-refractivity contribution in [2.75, 3.05) is 6.54 Å². The van der Waals surface area contributed by atoms with Crippen LogP contribution in [0.2, 0.25) is 0 Å². The first-order chi connectivity index (χ1) is 10.7. The Hall–Kier alpha value is -2.35. The molecule has 0 aromatic heterocycles. The summed E-state index contributed by atoms with van der Waals surface area (Å²) in [7, 11) is 0. The highest BCUT2D eigenvalue weighted by Gasteiger charge is 1.96. The molecule has 0 saturated carbocycles. The summed E-state index contributed by atoms with van der Waals surface area (Å²) in [5.74, 6) is -0.0275. The molecule has 114 valence electrons. The number of hydrogen-bond donors (Lipinski definition) is 1. The average Bonchev–Trinajstić information content (AvgIpc) is 2.55. The summed E-state index contributed by atoms with van der Waals surface area (Å²) >= 11 is 0. The molecule has 2 aromatic rings. The number of rotatable bonds is 7.